The summed E-state index contributed by atoms with van der Waals surface area (Å²) in [6, 6.07) is 0. The van der Waals surface area contributed by atoms with Crippen molar-refractivity contribution in [3.63, 3.8) is 0 Å². The molecule has 0 heterocycles. The number of halogens is 2. The van der Waals surface area contributed by atoms with E-state index in [-0.39, 0.29) is 9.89 Å². The van der Waals surface area contributed by atoms with Crippen LogP contribution >= 0.6 is 34.2 Å². The lowest BCUT2D eigenvalue weighted by atomic mass is 10.4. The maximum Gasteiger partial charge on any atom is 0.320 e. The molecule has 0 N–H and O–H groups in total. The van der Waals surface area contributed by atoms with Gasteiger partial charge in [-0.1, -0.05) is 35.9 Å². The quantitative estimate of drug-likeness (QED) is 0.336. The largest absolute Gasteiger partial charge is 0.465 e. The smallest absolute Gasteiger partial charge is 0.320 e. The highest BCUT2D eigenvalue weighted by atomic mass is 127. The minimum absolute atomic E-state index is 0.200. The van der Waals surface area contributed by atoms with Gasteiger partial charge >= 0.3 is 5.97 Å². The van der Waals surface area contributed by atoms with E-state index in [9.17, 15) is 4.79 Å². The fourth-order valence-corrected chi connectivity index (χ4v) is 0.776. The minimum atomic E-state index is -0.203. The SMILES string of the molecule is CCCCOC(=O)C(I)CCl. The van der Waals surface area contributed by atoms with E-state index >= 15 is 0 Å². The van der Waals surface area contributed by atoms with E-state index in [1.807, 2.05) is 22.6 Å². The summed E-state index contributed by atoms with van der Waals surface area (Å²) in [6.07, 6.45) is 1.97. The molecule has 0 aliphatic carbocycles. The Balaban J connectivity index is 3.36. The van der Waals surface area contributed by atoms with E-state index in [1.165, 1.54) is 0 Å². The van der Waals surface area contributed by atoms with Crippen LogP contribution in [0.15, 0.2) is 0 Å². The fourth-order valence-electron chi connectivity index (χ4n) is 0.471. The number of carbonyl (C=O) groups excluding carboxylic acids is 1. The highest BCUT2D eigenvalue weighted by molar-refractivity contribution is 14.1. The average Bonchev–Trinajstić information content (AvgIpc) is 2.03. The lowest BCUT2D eigenvalue weighted by Gasteiger charge is -2.05. The van der Waals surface area contributed by atoms with E-state index in [4.69, 9.17) is 16.3 Å². The number of unbranched alkanes of at least 4 members (excludes halogenated alkanes) is 1. The Hall–Kier alpha value is 0.490. The van der Waals surface area contributed by atoms with Crippen LogP contribution in [0.4, 0.5) is 0 Å². The van der Waals surface area contributed by atoms with Crippen LogP contribution < -0.4 is 0 Å². The lowest BCUT2D eigenvalue weighted by Crippen LogP contribution is -2.19. The Bertz CT molecular complexity index is 119. The minimum Gasteiger partial charge on any atom is -0.465 e. The van der Waals surface area contributed by atoms with E-state index in [1.54, 1.807) is 0 Å². The van der Waals surface area contributed by atoms with Gasteiger partial charge in [-0.25, -0.2) is 0 Å². The van der Waals surface area contributed by atoms with Crippen LogP contribution in [0.2, 0.25) is 0 Å². The third kappa shape index (κ3) is 5.73. The highest BCUT2D eigenvalue weighted by Gasteiger charge is 2.13. The van der Waals surface area contributed by atoms with Crippen molar-refractivity contribution in [2.45, 2.75) is 23.7 Å². The van der Waals surface area contributed by atoms with E-state index in [0.29, 0.717) is 12.5 Å². The van der Waals surface area contributed by atoms with Crippen molar-refractivity contribution in [3.8, 4) is 0 Å². The second-order valence-electron chi connectivity index (χ2n) is 2.14. The molecule has 66 valence electrons. The van der Waals surface area contributed by atoms with Crippen molar-refractivity contribution in [1.29, 1.82) is 0 Å². The van der Waals surface area contributed by atoms with Crippen LogP contribution in [0.3, 0.4) is 0 Å². The number of alkyl halides is 2. The molecule has 1 unspecified atom stereocenters. The first-order chi connectivity index (χ1) is 5.22. The fraction of sp³-hybridized carbons (Fsp3) is 0.857. The molecule has 0 aromatic carbocycles. The van der Waals surface area contributed by atoms with Crippen LogP contribution in [0.25, 0.3) is 0 Å². The first-order valence-corrected chi connectivity index (χ1v) is 5.37. The standard InChI is InChI=1S/C7H12ClIO2/c1-2-3-4-11-7(10)6(9)5-8/h6H,2-5H2,1H3. The molecule has 0 bridgehead atoms. The van der Waals surface area contributed by atoms with Gasteiger partial charge in [0.15, 0.2) is 0 Å². The molecular formula is C7H12ClIO2. The van der Waals surface area contributed by atoms with Crippen LogP contribution in [-0.2, 0) is 9.53 Å². The average molecular weight is 291 g/mol. The van der Waals surface area contributed by atoms with Gasteiger partial charge in [-0.05, 0) is 6.42 Å². The molecule has 0 aromatic rings. The molecular weight excluding hydrogens is 278 g/mol. The number of hydrogen-bond acceptors (Lipinski definition) is 2. The van der Waals surface area contributed by atoms with Gasteiger partial charge in [0.1, 0.15) is 3.92 Å². The maximum atomic E-state index is 10.9. The third-order valence-electron chi connectivity index (χ3n) is 1.13. The molecule has 4 heteroatoms. The van der Waals surface area contributed by atoms with E-state index in [2.05, 4.69) is 6.92 Å². The number of hydrogen-bond donors (Lipinski definition) is 0. The molecule has 1 atom stereocenters. The summed E-state index contributed by atoms with van der Waals surface area (Å²) < 4.78 is 4.70. The number of carbonyl (C=O) groups is 1. The molecule has 0 radical (unpaired) electrons. The molecule has 0 aliphatic heterocycles. The number of ether oxygens (including phenoxy) is 1. The predicted octanol–water partition coefficient (Wildman–Crippen LogP) is 2.37. The maximum absolute atomic E-state index is 10.9. The molecule has 2 nitrogen and oxygen atoms in total. The summed E-state index contributed by atoms with van der Waals surface area (Å²) in [4.78, 5) is 10.9. The highest BCUT2D eigenvalue weighted by Crippen LogP contribution is 2.05. The summed E-state index contributed by atoms with van der Waals surface area (Å²) in [5.41, 5.74) is 0. The van der Waals surface area contributed by atoms with Crippen molar-refractivity contribution >= 4 is 40.2 Å². The van der Waals surface area contributed by atoms with Crippen LogP contribution in [0.1, 0.15) is 19.8 Å². The second kappa shape index (κ2) is 7.16. The van der Waals surface area contributed by atoms with Crippen molar-refractivity contribution < 1.29 is 9.53 Å². The monoisotopic (exact) mass is 290 g/mol. The van der Waals surface area contributed by atoms with Gasteiger partial charge in [0.05, 0.1) is 6.61 Å². The summed E-state index contributed by atoms with van der Waals surface area (Å²) in [5, 5.41) is 0. The molecule has 0 spiro atoms. The molecule has 11 heavy (non-hydrogen) atoms. The lowest BCUT2D eigenvalue weighted by molar-refractivity contribution is -0.142. The van der Waals surface area contributed by atoms with E-state index in [0.717, 1.165) is 12.8 Å². The number of rotatable bonds is 5. The van der Waals surface area contributed by atoms with Gasteiger partial charge in [0, 0.05) is 5.88 Å². The Morgan fingerprint density at radius 1 is 1.73 bits per heavy atom. The Kier molecular flexibility index (Phi) is 7.47. The van der Waals surface area contributed by atoms with Crippen LogP contribution in [0.5, 0.6) is 0 Å². The van der Waals surface area contributed by atoms with Crippen molar-refractivity contribution in [2.24, 2.45) is 0 Å². The molecule has 0 aromatic heterocycles. The van der Waals surface area contributed by atoms with Crippen molar-refractivity contribution in [2.75, 3.05) is 12.5 Å². The summed E-state index contributed by atoms with van der Waals surface area (Å²) in [5.74, 6) is 0.125. The first-order valence-electron chi connectivity index (χ1n) is 3.59. The Labute approximate surface area is 85.8 Å². The summed E-state index contributed by atoms with van der Waals surface area (Å²) in [6.45, 7) is 2.57. The molecule has 0 rings (SSSR count). The molecule has 0 aliphatic rings. The van der Waals surface area contributed by atoms with Gasteiger partial charge in [-0.3, -0.25) is 4.79 Å². The summed E-state index contributed by atoms with van der Waals surface area (Å²) >= 11 is 7.43. The third-order valence-corrected chi connectivity index (χ3v) is 2.91. The normalized spacial score (nSPS) is 12.6. The molecule has 0 fully saturated rings. The topological polar surface area (TPSA) is 26.3 Å². The zero-order valence-corrected chi connectivity index (χ0v) is 9.39. The molecule has 0 saturated carbocycles. The Morgan fingerprint density at radius 3 is 2.82 bits per heavy atom. The first kappa shape index (κ1) is 11.5. The van der Waals surface area contributed by atoms with Gasteiger partial charge in [0.25, 0.3) is 0 Å². The van der Waals surface area contributed by atoms with Crippen LogP contribution in [-0.4, -0.2) is 22.4 Å². The molecule has 0 amide bonds. The van der Waals surface area contributed by atoms with Crippen LogP contribution in [0, 0.1) is 0 Å². The van der Waals surface area contributed by atoms with Crippen molar-refractivity contribution in [3.05, 3.63) is 0 Å². The van der Waals surface area contributed by atoms with Gasteiger partial charge < -0.3 is 4.74 Å². The Morgan fingerprint density at radius 2 is 2.36 bits per heavy atom. The molecule has 0 saturated heterocycles. The van der Waals surface area contributed by atoms with E-state index < -0.39 is 0 Å². The zero-order chi connectivity index (χ0) is 8.69. The van der Waals surface area contributed by atoms with Gasteiger partial charge in [-0.15, -0.1) is 11.6 Å². The van der Waals surface area contributed by atoms with Gasteiger partial charge in [0.2, 0.25) is 0 Å². The zero-order valence-electron chi connectivity index (χ0n) is 6.48. The predicted molar refractivity (Wildman–Crippen MR) is 54.4 cm³/mol. The second-order valence-corrected chi connectivity index (χ2v) is 3.96. The number of esters is 1. The summed E-state index contributed by atoms with van der Waals surface area (Å²) in [7, 11) is 0. The van der Waals surface area contributed by atoms with Crippen molar-refractivity contribution in [1.82, 2.24) is 0 Å². The van der Waals surface area contributed by atoms with Gasteiger partial charge in [-0.2, -0.15) is 0 Å².